The van der Waals surface area contributed by atoms with E-state index in [1.54, 1.807) is 0 Å². The van der Waals surface area contributed by atoms with Crippen molar-refractivity contribution in [2.75, 3.05) is 13.1 Å². The fourth-order valence-corrected chi connectivity index (χ4v) is 1.35. The lowest BCUT2D eigenvalue weighted by Gasteiger charge is -2.13. The molecule has 46 valence electrons. The standard InChI is InChI=1S/C4H9N2OP/c8-4-2-6-5-1-3(4)7-4/h3,5-6H,1-2,8H2. The van der Waals surface area contributed by atoms with E-state index in [1.807, 2.05) is 0 Å². The van der Waals surface area contributed by atoms with Gasteiger partial charge < -0.3 is 4.74 Å². The Balaban J connectivity index is 2.04. The van der Waals surface area contributed by atoms with Crippen LogP contribution in [0.5, 0.6) is 0 Å². The third-order valence-corrected chi connectivity index (χ3v) is 2.34. The van der Waals surface area contributed by atoms with Crippen LogP contribution in [0.25, 0.3) is 0 Å². The summed E-state index contributed by atoms with van der Waals surface area (Å²) in [6.45, 7) is 1.84. The van der Waals surface area contributed by atoms with E-state index in [4.69, 9.17) is 4.74 Å². The third-order valence-electron chi connectivity index (χ3n) is 1.63. The second-order valence-corrected chi connectivity index (χ2v) is 3.27. The van der Waals surface area contributed by atoms with E-state index in [-0.39, 0.29) is 5.34 Å². The molecular formula is C4H9N2OP. The monoisotopic (exact) mass is 132 g/mol. The zero-order chi connectivity index (χ0) is 5.61. The summed E-state index contributed by atoms with van der Waals surface area (Å²) in [4.78, 5) is 0. The van der Waals surface area contributed by atoms with Crippen molar-refractivity contribution < 1.29 is 4.74 Å². The number of epoxide rings is 1. The maximum absolute atomic E-state index is 5.30. The molecule has 0 saturated carbocycles. The van der Waals surface area contributed by atoms with Crippen molar-refractivity contribution in [3.05, 3.63) is 0 Å². The molecule has 3 nitrogen and oxygen atoms in total. The van der Waals surface area contributed by atoms with Crippen LogP contribution in [0.15, 0.2) is 0 Å². The average molecular weight is 132 g/mol. The van der Waals surface area contributed by atoms with Crippen LogP contribution in [0.4, 0.5) is 0 Å². The summed E-state index contributed by atoms with van der Waals surface area (Å²) >= 11 is 0. The average Bonchev–Trinajstić information content (AvgIpc) is 2.39. The fraction of sp³-hybridized carbons (Fsp3) is 1.00. The molecule has 2 aliphatic rings. The van der Waals surface area contributed by atoms with Crippen LogP contribution in [-0.2, 0) is 4.74 Å². The minimum Gasteiger partial charge on any atom is -0.359 e. The van der Waals surface area contributed by atoms with Crippen LogP contribution in [0.3, 0.4) is 0 Å². The van der Waals surface area contributed by atoms with Gasteiger partial charge in [-0.2, -0.15) is 0 Å². The van der Waals surface area contributed by atoms with Crippen LogP contribution in [0, 0.1) is 0 Å². The molecule has 2 rings (SSSR count). The van der Waals surface area contributed by atoms with Crippen LogP contribution >= 0.6 is 9.24 Å². The molecule has 0 spiro atoms. The van der Waals surface area contributed by atoms with Gasteiger partial charge in [0.25, 0.3) is 0 Å². The first-order chi connectivity index (χ1) is 3.81. The maximum Gasteiger partial charge on any atom is 0.123 e. The Morgan fingerprint density at radius 2 is 2.50 bits per heavy atom. The Kier molecular flexibility index (Phi) is 0.910. The fourth-order valence-electron chi connectivity index (χ4n) is 0.966. The zero-order valence-electron chi connectivity index (χ0n) is 4.48. The highest BCUT2D eigenvalue weighted by atomic mass is 31.0. The van der Waals surface area contributed by atoms with E-state index in [1.165, 1.54) is 0 Å². The SMILES string of the molecule is PC12CNNCC1O2. The van der Waals surface area contributed by atoms with Gasteiger partial charge in [-0.15, -0.1) is 0 Å². The Morgan fingerprint density at radius 1 is 1.62 bits per heavy atom. The third kappa shape index (κ3) is 0.594. The number of fused-ring (bicyclic) bond motifs is 1. The normalized spacial score (nSPS) is 52.9. The Morgan fingerprint density at radius 3 is 3.00 bits per heavy atom. The van der Waals surface area contributed by atoms with E-state index >= 15 is 0 Å². The Labute approximate surface area is 50.3 Å². The summed E-state index contributed by atoms with van der Waals surface area (Å²) in [6, 6.07) is 0. The first kappa shape index (κ1) is 5.12. The summed E-state index contributed by atoms with van der Waals surface area (Å²) in [5.41, 5.74) is 6.03. The minimum atomic E-state index is 0.0885. The molecule has 2 N–H and O–H groups in total. The molecule has 3 unspecified atom stereocenters. The summed E-state index contributed by atoms with van der Waals surface area (Å²) < 4.78 is 5.30. The van der Waals surface area contributed by atoms with Gasteiger partial charge in [-0.25, -0.2) is 0 Å². The van der Waals surface area contributed by atoms with Gasteiger partial charge in [-0.1, -0.05) is 9.24 Å². The second-order valence-electron chi connectivity index (χ2n) is 2.30. The molecule has 8 heavy (non-hydrogen) atoms. The first-order valence-corrected chi connectivity index (χ1v) is 3.31. The molecule has 4 heteroatoms. The van der Waals surface area contributed by atoms with Gasteiger partial charge in [-0.05, 0) is 0 Å². The summed E-state index contributed by atoms with van der Waals surface area (Å²) in [5.74, 6) is 0. The Bertz CT molecular complexity index is 119. The van der Waals surface area contributed by atoms with Gasteiger partial charge >= 0.3 is 0 Å². The highest BCUT2D eigenvalue weighted by Crippen LogP contribution is 2.42. The molecule has 3 atom stereocenters. The molecule has 0 aromatic rings. The molecule has 2 saturated heterocycles. The Hall–Kier alpha value is 0.310. The number of hydrazine groups is 1. The van der Waals surface area contributed by atoms with E-state index in [0.717, 1.165) is 13.1 Å². The van der Waals surface area contributed by atoms with E-state index in [0.29, 0.717) is 6.10 Å². The van der Waals surface area contributed by atoms with Crippen molar-refractivity contribution in [2.45, 2.75) is 11.4 Å². The van der Waals surface area contributed by atoms with E-state index in [9.17, 15) is 0 Å². The van der Waals surface area contributed by atoms with Gasteiger partial charge in [0.1, 0.15) is 11.4 Å². The minimum absolute atomic E-state index is 0.0885. The molecular weight excluding hydrogens is 123 g/mol. The summed E-state index contributed by atoms with van der Waals surface area (Å²) in [5, 5.41) is 0.0885. The highest BCUT2D eigenvalue weighted by Gasteiger charge is 2.53. The van der Waals surface area contributed by atoms with Crippen LogP contribution in [0.1, 0.15) is 0 Å². The van der Waals surface area contributed by atoms with E-state index in [2.05, 4.69) is 20.1 Å². The number of nitrogens with one attached hydrogen (secondary N) is 2. The summed E-state index contributed by atoms with van der Waals surface area (Å²) in [7, 11) is 2.71. The highest BCUT2D eigenvalue weighted by molar-refractivity contribution is 7.19. The molecule has 2 heterocycles. The number of hydrogen-bond acceptors (Lipinski definition) is 3. The number of rotatable bonds is 0. The molecule has 0 aromatic heterocycles. The lowest BCUT2D eigenvalue weighted by molar-refractivity contribution is 0.367. The molecule has 0 radical (unpaired) electrons. The largest absolute Gasteiger partial charge is 0.359 e. The van der Waals surface area contributed by atoms with Crippen molar-refractivity contribution in [1.82, 2.24) is 10.9 Å². The lowest BCUT2D eigenvalue weighted by atomic mass is 10.3. The van der Waals surface area contributed by atoms with Crippen LogP contribution < -0.4 is 10.9 Å². The first-order valence-electron chi connectivity index (χ1n) is 2.74. The molecule has 2 fully saturated rings. The van der Waals surface area contributed by atoms with Gasteiger partial charge in [0.2, 0.25) is 0 Å². The second kappa shape index (κ2) is 1.42. The predicted molar refractivity (Wildman–Crippen MR) is 33.3 cm³/mol. The molecule has 0 bridgehead atoms. The zero-order valence-corrected chi connectivity index (χ0v) is 5.63. The molecule has 0 aliphatic carbocycles. The van der Waals surface area contributed by atoms with Crippen molar-refractivity contribution in [2.24, 2.45) is 0 Å². The van der Waals surface area contributed by atoms with E-state index < -0.39 is 0 Å². The molecule has 2 aliphatic heterocycles. The topological polar surface area (TPSA) is 36.6 Å². The van der Waals surface area contributed by atoms with Crippen molar-refractivity contribution in [3.8, 4) is 0 Å². The molecule has 0 aromatic carbocycles. The van der Waals surface area contributed by atoms with Crippen molar-refractivity contribution in [3.63, 3.8) is 0 Å². The van der Waals surface area contributed by atoms with Gasteiger partial charge in [0.05, 0.1) is 0 Å². The van der Waals surface area contributed by atoms with Gasteiger partial charge in [0, 0.05) is 13.1 Å². The van der Waals surface area contributed by atoms with Crippen LogP contribution in [0.2, 0.25) is 0 Å². The maximum atomic E-state index is 5.30. The quantitative estimate of drug-likeness (QED) is 0.330. The van der Waals surface area contributed by atoms with Crippen LogP contribution in [-0.4, -0.2) is 24.5 Å². The van der Waals surface area contributed by atoms with Gasteiger partial charge in [0.15, 0.2) is 0 Å². The van der Waals surface area contributed by atoms with Crippen molar-refractivity contribution >= 4 is 9.24 Å². The number of ether oxygens (including phenoxy) is 1. The smallest absolute Gasteiger partial charge is 0.123 e. The van der Waals surface area contributed by atoms with Gasteiger partial charge in [-0.3, -0.25) is 10.9 Å². The lowest BCUT2D eigenvalue weighted by Crippen LogP contribution is -2.46. The van der Waals surface area contributed by atoms with Crippen molar-refractivity contribution in [1.29, 1.82) is 0 Å². The number of hydrogen-bond donors (Lipinski definition) is 2. The molecule has 0 amide bonds. The summed E-state index contributed by atoms with van der Waals surface area (Å²) in [6.07, 6.45) is 0.439. The predicted octanol–water partition coefficient (Wildman–Crippen LogP) is -0.936.